The number of rotatable bonds is 3. The van der Waals surface area contributed by atoms with Crippen LogP contribution in [0, 0.1) is 5.92 Å². The summed E-state index contributed by atoms with van der Waals surface area (Å²) in [6.07, 6.45) is 2.62. The summed E-state index contributed by atoms with van der Waals surface area (Å²) in [5.41, 5.74) is 8.10. The van der Waals surface area contributed by atoms with Crippen LogP contribution in [0.3, 0.4) is 0 Å². The maximum absolute atomic E-state index is 6.06. The van der Waals surface area contributed by atoms with E-state index in [1.165, 1.54) is 18.4 Å². The van der Waals surface area contributed by atoms with Crippen LogP contribution in [0.25, 0.3) is 0 Å². The summed E-state index contributed by atoms with van der Waals surface area (Å²) in [4.78, 5) is 2.53. The largest absolute Gasteiger partial charge is 0.497 e. The van der Waals surface area contributed by atoms with E-state index in [0.717, 1.165) is 30.4 Å². The number of ether oxygens (including phenoxy) is 1. The molecular formula is C15H24N2O. The van der Waals surface area contributed by atoms with Gasteiger partial charge in [0.1, 0.15) is 5.75 Å². The van der Waals surface area contributed by atoms with Crippen molar-refractivity contribution in [2.45, 2.75) is 39.3 Å². The maximum Gasteiger partial charge on any atom is 0.119 e. The third kappa shape index (κ3) is 2.96. The van der Waals surface area contributed by atoms with Crippen LogP contribution >= 0.6 is 0 Å². The van der Waals surface area contributed by atoms with E-state index in [2.05, 4.69) is 24.8 Å². The second kappa shape index (κ2) is 5.61. The van der Waals surface area contributed by atoms with Gasteiger partial charge in [0, 0.05) is 24.8 Å². The molecule has 1 aliphatic heterocycles. The second-order valence-corrected chi connectivity index (χ2v) is 5.53. The van der Waals surface area contributed by atoms with Gasteiger partial charge in [0.15, 0.2) is 0 Å². The topological polar surface area (TPSA) is 38.5 Å². The van der Waals surface area contributed by atoms with Crippen LogP contribution in [0.1, 0.15) is 32.3 Å². The molecule has 0 saturated carbocycles. The van der Waals surface area contributed by atoms with Gasteiger partial charge in [-0.3, -0.25) is 4.90 Å². The van der Waals surface area contributed by atoms with E-state index in [1.807, 2.05) is 12.1 Å². The molecule has 18 heavy (non-hydrogen) atoms. The molecule has 0 spiro atoms. The lowest BCUT2D eigenvalue weighted by Crippen LogP contribution is -2.40. The van der Waals surface area contributed by atoms with Crippen LogP contribution < -0.4 is 10.5 Å². The van der Waals surface area contributed by atoms with E-state index in [-0.39, 0.29) is 0 Å². The molecule has 2 unspecified atom stereocenters. The molecule has 1 aromatic rings. The minimum atomic E-state index is 0.645. The first-order valence-electron chi connectivity index (χ1n) is 6.76. The van der Waals surface area contributed by atoms with Crippen molar-refractivity contribution in [1.29, 1.82) is 0 Å². The van der Waals surface area contributed by atoms with Crippen LogP contribution in [-0.4, -0.2) is 24.6 Å². The van der Waals surface area contributed by atoms with Crippen LogP contribution in [0.2, 0.25) is 0 Å². The fourth-order valence-electron chi connectivity index (χ4n) is 2.67. The monoisotopic (exact) mass is 248 g/mol. The Balaban J connectivity index is 2.12. The minimum Gasteiger partial charge on any atom is -0.497 e. The molecule has 3 nitrogen and oxygen atoms in total. The minimum absolute atomic E-state index is 0.645. The zero-order valence-corrected chi connectivity index (χ0v) is 11.6. The molecule has 1 saturated heterocycles. The van der Waals surface area contributed by atoms with E-state index < -0.39 is 0 Å². The summed E-state index contributed by atoms with van der Waals surface area (Å²) in [6, 6.07) is 6.56. The molecule has 0 amide bonds. The highest BCUT2D eigenvalue weighted by Crippen LogP contribution is 2.26. The summed E-state index contributed by atoms with van der Waals surface area (Å²) in [5, 5.41) is 0. The molecular weight excluding hydrogens is 224 g/mol. The molecule has 1 aromatic carbocycles. The Morgan fingerprint density at radius 2 is 2.11 bits per heavy atom. The van der Waals surface area contributed by atoms with Gasteiger partial charge in [0.2, 0.25) is 0 Å². The van der Waals surface area contributed by atoms with E-state index in [1.54, 1.807) is 7.11 Å². The number of likely N-dealkylation sites (tertiary alicyclic amines) is 1. The first-order chi connectivity index (χ1) is 8.60. The molecule has 0 aromatic heterocycles. The Kier molecular flexibility index (Phi) is 4.12. The quantitative estimate of drug-likeness (QED) is 0.836. The zero-order chi connectivity index (χ0) is 13.1. The summed E-state index contributed by atoms with van der Waals surface area (Å²) in [6.45, 7) is 6.72. The van der Waals surface area contributed by atoms with Gasteiger partial charge >= 0.3 is 0 Å². The molecule has 1 heterocycles. The molecule has 100 valence electrons. The Morgan fingerprint density at radius 1 is 1.33 bits per heavy atom. The van der Waals surface area contributed by atoms with Crippen molar-refractivity contribution in [3.05, 3.63) is 23.8 Å². The lowest BCUT2D eigenvalue weighted by Gasteiger charge is -2.37. The SMILES string of the molecule is COc1ccc(N)c(CN2CC(C)CCC2C)c1. The van der Waals surface area contributed by atoms with Crippen molar-refractivity contribution >= 4 is 5.69 Å². The van der Waals surface area contributed by atoms with Gasteiger partial charge in [-0.25, -0.2) is 0 Å². The van der Waals surface area contributed by atoms with Gasteiger partial charge in [-0.05, 0) is 49.4 Å². The molecule has 0 aliphatic carbocycles. The van der Waals surface area contributed by atoms with E-state index in [0.29, 0.717) is 6.04 Å². The number of methoxy groups -OCH3 is 1. The molecule has 0 radical (unpaired) electrons. The summed E-state index contributed by atoms with van der Waals surface area (Å²) < 4.78 is 5.27. The molecule has 0 bridgehead atoms. The Morgan fingerprint density at radius 3 is 2.83 bits per heavy atom. The van der Waals surface area contributed by atoms with E-state index in [9.17, 15) is 0 Å². The lowest BCUT2D eigenvalue weighted by molar-refractivity contribution is 0.117. The van der Waals surface area contributed by atoms with Crippen molar-refractivity contribution in [3.8, 4) is 5.75 Å². The Hall–Kier alpha value is -1.22. The highest BCUT2D eigenvalue weighted by atomic mass is 16.5. The van der Waals surface area contributed by atoms with Crippen LogP contribution in [0.4, 0.5) is 5.69 Å². The fraction of sp³-hybridized carbons (Fsp3) is 0.600. The summed E-state index contributed by atoms with van der Waals surface area (Å²) >= 11 is 0. The first kappa shape index (κ1) is 13.2. The van der Waals surface area contributed by atoms with Gasteiger partial charge in [0.25, 0.3) is 0 Å². The summed E-state index contributed by atoms with van der Waals surface area (Å²) in [5.74, 6) is 1.67. The number of hydrogen-bond donors (Lipinski definition) is 1. The average Bonchev–Trinajstić information content (AvgIpc) is 2.36. The number of hydrogen-bond acceptors (Lipinski definition) is 3. The third-order valence-electron chi connectivity index (χ3n) is 3.97. The fourth-order valence-corrected chi connectivity index (χ4v) is 2.67. The van der Waals surface area contributed by atoms with Gasteiger partial charge in [-0.15, -0.1) is 0 Å². The highest BCUT2D eigenvalue weighted by Gasteiger charge is 2.23. The van der Waals surface area contributed by atoms with Gasteiger partial charge in [0.05, 0.1) is 7.11 Å². The Labute approximate surface area is 110 Å². The predicted octanol–water partition coefficient (Wildman–Crippen LogP) is 2.90. The molecule has 3 heteroatoms. The highest BCUT2D eigenvalue weighted by molar-refractivity contribution is 5.50. The zero-order valence-electron chi connectivity index (χ0n) is 11.6. The second-order valence-electron chi connectivity index (χ2n) is 5.53. The van der Waals surface area contributed by atoms with Crippen molar-refractivity contribution in [1.82, 2.24) is 4.90 Å². The van der Waals surface area contributed by atoms with Gasteiger partial charge in [-0.2, -0.15) is 0 Å². The first-order valence-corrected chi connectivity index (χ1v) is 6.76. The van der Waals surface area contributed by atoms with Crippen LogP contribution in [0.5, 0.6) is 5.75 Å². The lowest BCUT2D eigenvalue weighted by atomic mass is 9.94. The average molecular weight is 248 g/mol. The van der Waals surface area contributed by atoms with E-state index in [4.69, 9.17) is 10.5 Å². The number of piperidine rings is 1. The molecule has 2 N–H and O–H groups in total. The van der Waals surface area contributed by atoms with Crippen molar-refractivity contribution in [3.63, 3.8) is 0 Å². The normalized spacial score (nSPS) is 25.1. The Bertz CT molecular complexity index is 405. The molecule has 2 atom stereocenters. The summed E-state index contributed by atoms with van der Waals surface area (Å²) in [7, 11) is 1.70. The molecule has 1 fully saturated rings. The molecule has 1 aliphatic rings. The maximum atomic E-state index is 6.06. The van der Waals surface area contributed by atoms with Crippen molar-refractivity contribution in [2.24, 2.45) is 5.92 Å². The van der Waals surface area contributed by atoms with Crippen molar-refractivity contribution in [2.75, 3.05) is 19.4 Å². The number of nitrogens with zero attached hydrogens (tertiary/aromatic N) is 1. The van der Waals surface area contributed by atoms with Gasteiger partial charge < -0.3 is 10.5 Å². The number of nitrogens with two attached hydrogens (primary N) is 1. The van der Waals surface area contributed by atoms with E-state index >= 15 is 0 Å². The van der Waals surface area contributed by atoms with Crippen LogP contribution in [0.15, 0.2) is 18.2 Å². The molecule has 2 rings (SSSR count). The number of anilines is 1. The number of benzene rings is 1. The third-order valence-corrected chi connectivity index (χ3v) is 3.97. The van der Waals surface area contributed by atoms with Crippen LogP contribution in [-0.2, 0) is 6.54 Å². The predicted molar refractivity (Wildman–Crippen MR) is 75.7 cm³/mol. The van der Waals surface area contributed by atoms with Gasteiger partial charge in [-0.1, -0.05) is 6.92 Å². The number of nitrogen functional groups attached to an aromatic ring is 1. The smallest absolute Gasteiger partial charge is 0.119 e. The standard InChI is InChI=1S/C15H24N2O/c1-11-4-5-12(2)17(9-11)10-13-8-14(18-3)6-7-15(13)16/h6-8,11-12H,4-5,9-10,16H2,1-3H3. The van der Waals surface area contributed by atoms with Crippen molar-refractivity contribution < 1.29 is 4.74 Å².